The van der Waals surface area contributed by atoms with Crippen LogP contribution in [0.5, 0.6) is 0 Å². The van der Waals surface area contributed by atoms with E-state index in [-0.39, 0.29) is 0 Å². The Bertz CT molecular complexity index is 856. The van der Waals surface area contributed by atoms with Gasteiger partial charge in [-0.25, -0.2) is 0 Å². The standard InChI is InChI=1S/C22H22I2N2/c1-15(2)17-10-6-11-18(16-8-4-3-5-9-16)21(17)25-14-26-22-19(23)12-7-13-20(22)24/h3-13,15,25-26H,14H2,1-2H3. The van der Waals surface area contributed by atoms with Crippen LogP contribution < -0.4 is 10.6 Å². The molecule has 0 aliphatic heterocycles. The second kappa shape index (κ2) is 9.08. The number of rotatable bonds is 6. The molecule has 0 radical (unpaired) electrons. The van der Waals surface area contributed by atoms with Crippen molar-refractivity contribution in [1.82, 2.24) is 0 Å². The maximum Gasteiger partial charge on any atom is 0.0850 e. The molecule has 0 saturated carbocycles. The number of nitrogens with one attached hydrogen (secondary N) is 2. The highest BCUT2D eigenvalue weighted by atomic mass is 127. The first-order valence-electron chi connectivity index (χ1n) is 8.68. The molecule has 0 heterocycles. The SMILES string of the molecule is CC(C)c1cccc(-c2ccccc2)c1NCNc1c(I)cccc1I. The van der Waals surface area contributed by atoms with Gasteiger partial charge in [0.2, 0.25) is 0 Å². The molecule has 134 valence electrons. The van der Waals surface area contributed by atoms with Gasteiger partial charge in [0, 0.05) is 18.4 Å². The summed E-state index contributed by atoms with van der Waals surface area (Å²) < 4.78 is 2.47. The van der Waals surface area contributed by atoms with Gasteiger partial charge in [0.1, 0.15) is 0 Å². The zero-order valence-electron chi connectivity index (χ0n) is 14.9. The van der Waals surface area contributed by atoms with E-state index in [9.17, 15) is 0 Å². The minimum Gasteiger partial charge on any atom is -0.367 e. The second-order valence-corrected chi connectivity index (χ2v) is 8.74. The Morgan fingerprint density at radius 1 is 0.731 bits per heavy atom. The molecule has 0 aliphatic rings. The molecular weight excluding hydrogens is 546 g/mol. The Balaban J connectivity index is 1.88. The maximum absolute atomic E-state index is 3.65. The quantitative estimate of drug-likeness (QED) is 0.244. The molecule has 3 aromatic rings. The van der Waals surface area contributed by atoms with E-state index in [1.54, 1.807) is 0 Å². The fraction of sp³-hybridized carbons (Fsp3) is 0.182. The lowest BCUT2D eigenvalue weighted by molar-refractivity contribution is 0.867. The first-order chi connectivity index (χ1) is 12.6. The van der Waals surface area contributed by atoms with Gasteiger partial charge in [0.05, 0.1) is 12.4 Å². The van der Waals surface area contributed by atoms with Crippen LogP contribution in [-0.4, -0.2) is 6.67 Å². The predicted molar refractivity (Wildman–Crippen MR) is 130 cm³/mol. The van der Waals surface area contributed by atoms with E-state index in [0.717, 1.165) is 0 Å². The van der Waals surface area contributed by atoms with Crippen molar-refractivity contribution in [1.29, 1.82) is 0 Å². The smallest absolute Gasteiger partial charge is 0.0850 e. The molecule has 0 spiro atoms. The average molecular weight is 568 g/mol. The Kier molecular flexibility index (Phi) is 6.80. The van der Waals surface area contributed by atoms with E-state index in [0.29, 0.717) is 12.6 Å². The molecule has 0 aromatic heterocycles. The summed E-state index contributed by atoms with van der Waals surface area (Å²) in [5, 5.41) is 7.20. The summed E-state index contributed by atoms with van der Waals surface area (Å²) in [6, 6.07) is 23.5. The highest BCUT2D eigenvalue weighted by Crippen LogP contribution is 2.35. The fourth-order valence-electron chi connectivity index (χ4n) is 2.99. The van der Waals surface area contributed by atoms with Gasteiger partial charge in [0.25, 0.3) is 0 Å². The zero-order valence-corrected chi connectivity index (χ0v) is 19.2. The van der Waals surface area contributed by atoms with Crippen LogP contribution in [0.1, 0.15) is 25.3 Å². The van der Waals surface area contributed by atoms with Crippen LogP contribution >= 0.6 is 45.2 Å². The highest BCUT2D eigenvalue weighted by molar-refractivity contribution is 14.1. The van der Waals surface area contributed by atoms with Gasteiger partial charge in [0.15, 0.2) is 0 Å². The topological polar surface area (TPSA) is 24.1 Å². The number of para-hydroxylation sites is 2. The lowest BCUT2D eigenvalue weighted by Crippen LogP contribution is -2.15. The van der Waals surface area contributed by atoms with Gasteiger partial charge in [-0.05, 0) is 74.4 Å². The predicted octanol–water partition coefficient (Wildman–Crippen LogP) is 7.17. The number of hydrogen-bond donors (Lipinski definition) is 2. The van der Waals surface area contributed by atoms with Crippen LogP contribution in [0.2, 0.25) is 0 Å². The Labute approximate surface area is 183 Å². The minimum atomic E-state index is 0.457. The molecule has 0 atom stereocenters. The molecular formula is C22H22I2N2. The summed E-state index contributed by atoms with van der Waals surface area (Å²) in [7, 11) is 0. The van der Waals surface area contributed by atoms with Crippen LogP contribution in [0.4, 0.5) is 11.4 Å². The molecule has 0 unspecified atom stereocenters. The second-order valence-electron chi connectivity index (χ2n) is 6.42. The first-order valence-corrected chi connectivity index (χ1v) is 10.8. The van der Waals surface area contributed by atoms with Crippen LogP contribution in [0.25, 0.3) is 11.1 Å². The van der Waals surface area contributed by atoms with Gasteiger partial charge in [-0.15, -0.1) is 0 Å². The molecule has 3 aromatic carbocycles. The van der Waals surface area contributed by atoms with E-state index in [1.165, 1.54) is 35.2 Å². The molecule has 2 N–H and O–H groups in total. The summed E-state index contributed by atoms with van der Waals surface area (Å²) in [6.07, 6.45) is 0. The maximum atomic E-state index is 3.65. The van der Waals surface area contributed by atoms with Crippen LogP contribution in [-0.2, 0) is 0 Å². The van der Waals surface area contributed by atoms with E-state index in [4.69, 9.17) is 0 Å². The zero-order chi connectivity index (χ0) is 18.5. The van der Waals surface area contributed by atoms with Crippen LogP contribution in [0.15, 0.2) is 66.7 Å². The van der Waals surface area contributed by atoms with Crippen molar-refractivity contribution >= 4 is 56.6 Å². The van der Waals surface area contributed by atoms with Crippen molar-refractivity contribution in [2.24, 2.45) is 0 Å². The highest BCUT2D eigenvalue weighted by Gasteiger charge is 2.12. The van der Waals surface area contributed by atoms with Crippen molar-refractivity contribution in [3.05, 3.63) is 79.4 Å². The fourth-order valence-corrected chi connectivity index (χ4v) is 4.89. The van der Waals surface area contributed by atoms with Crippen LogP contribution in [0.3, 0.4) is 0 Å². The van der Waals surface area contributed by atoms with Gasteiger partial charge in [-0.1, -0.05) is 68.4 Å². The summed E-state index contributed by atoms with van der Waals surface area (Å²) in [5.41, 5.74) is 6.22. The molecule has 2 nitrogen and oxygen atoms in total. The minimum absolute atomic E-state index is 0.457. The monoisotopic (exact) mass is 568 g/mol. The van der Waals surface area contributed by atoms with Gasteiger partial charge < -0.3 is 10.6 Å². The molecule has 0 amide bonds. The third-order valence-electron chi connectivity index (χ3n) is 4.30. The van der Waals surface area contributed by atoms with Crippen molar-refractivity contribution < 1.29 is 0 Å². The molecule has 0 bridgehead atoms. The summed E-state index contributed by atoms with van der Waals surface area (Å²) in [6.45, 7) is 5.16. The Morgan fingerprint density at radius 3 is 2.00 bits per heavy atom. The Morgan fingerprint density at radius 2 is 1.35 bits per heavy atom. The largest absolute Gasteiger partial charge is 0.367 e. The molecule has 0 aliphatic carbocycles. The normalized spacial score (nSPS) is 10.8. The van der Waals surface area contributed by atoms with Crippen molar-refractivity contribution in [3.8, 4) is 11.1 Å². The van der Waals surface area contributed by atoms with Gasteiger partial charge in [-0.2, -0.15) is 0 Å². The first kappa shape index (κ1) is 19.5. The van der Waals surface area contributed by atoms with E-state index < -0.39 is 0 Å². The third-order valence-corrected chi connectivity index (χ3v) is 6.09. The molecule has 3 rings (SSSR count). The molecule has 4 heteroatoms. The molecule has 0 saturated heterocycles. The molecule has 0 fully saturated rings. The van der Waals surface area contributed by atoms with Crippen molar-refractivity contribution in [3.63, 3.8) is 0 Å². The summed E-state index contributed by atoms with van der Waals surface area (Å²) >= 11 is 4.76. The number of anilines is 2. The number of hydrogen-bond acceptors (Lipinski definition) is 2. The van der Waals surface area contributed by atoms with Crippen molar-refractivity contribution in [2.75, 3.05) is 17.3 Å². The lowest BCUT2D eigenvalue weighted by Gasteiger charge is -2.20. The molecule has 26 heavy (non-hydrogen) atoms. The number of halogens is 2. The number of benzene rings is 3. The summed E-state index contributed by atoms with van der Waals surface area (Å²) in [4.78, 5) is 0. The lowest BCUT2D eigenvalue weighted by atomic mass is 9.94. The van der Waals surface area contributed by atoms with Crippen LogP contribution in [0, 0.1) is 7.14 Å². The summed E-state index contributed by atoms with van der Waals surface area (Å²) in [5.74, 6) is 0.457. The van der Waals surface area contributed by atoms with E-state index in [1.807, 2.05) is 0 Å². The third kappa shape index (κ3) is 4.52. The van der Waals surface area contributed by atoms with E-state index >= 15 is 0 Å². The van der Waals surface area contributed by atoms with Crippen molar-refractivity contribution in [2.45, 2.75) is 19.8 Å². The Hall–Kier alpha value is -1.28. The van der Waals surface area contributed by atoms with Gasteiger partial charge >= 0.3 is 0 Å². The van der Waals surface area contributed by atoms with E-state index in [2.05, 4.69) is 136 Å². The van der Waals surface area contributed by atoms with Gasteiger partial charge in [-0.3, -0.25) is 0 Å². The average Bonchev–Trinajstić information content (AvgIpc) is 2.64.